The van der Waals surface area contributed by atoms with Gasteiger partial charge in [0.15, 0.2) is 0 Å². The molecular weight excluding hydrogens is 361 g/mol. The fourth-order valence-electron chi connectivity index (χ4n) is 3.21. The molecule has 7 nitrogen and oxygen atoms in total. The van der Waals surface area contributed by atoms with Gasteiger partial charge in [-0.3, -0.25) is 4.79 Å². The number of carbonyl (C=O) groups excluding carboxylic acids is 1. The highest BCUT2D eigenvalue weighted by molar-refractivity contribution is 6.06. The van der Waals surface area contributed by atoms with Crippen LogP contribution in [-0.4, -0.2) is 27.8 Å². The zero-order valence-electron chi connectivity index (χ0n) is 15.3. The molecule has 0 fully saturated rings. The molecule has 0 aliphatic carbocycles. The standard InChI is InChI=1S/C20H18FN5O2/c1-12-17(19(27)25-15-7-9-16(28-2)10-8-15)18(13-3-5-14(21)6-4-13)26-20(24-12)22-11-23-26/h3-11,18H,1-2H3,(H,25,27)(H,22,23,24)/t18-/m1/s1. The first-order valence-electron chi connectivity index (χ1n) is 8.65. The minimum absolute atomic E-state index is 0.286. The highest BCUT2D eigenvalue weighted by Crippen LogP contribution is 2.35. The number of nitrogens with zero attached hydrogens (tertiary/aromatic N) is 3. The van der Waals surface area contributed by atoms with E-state index < -0.39 is 6.04 Å². The van der Waals surface area contributed by atoms with E-state index in [2.05, 4.69) is 20.7 Å². The van der Waals surface area contributed by atoms with Gasteiger partial charge in [0.1, 0.15) is 23.9 Å². The minimum atomic E-state index is -0.530. The molecule has 142 valence electrons. The molecule has 1 aromatic heterocycles. The number of methoxy groups -OCH3 is 1. The van der Waals surface area contributed by atoms with Crippen LogP contribution in [0.1, 0.15) is 18.5 Å². The molecule has 8 heteroatoms. The second kappa shape index (κ2) is 7.15. The summed E-state index contributed by atoms with van der Waals surface area (Å²) in [6.45, 7) is 1.80. The van der Waals surface area contributed by atoms with Gasteiger partial charge < -0.3 is 15.4 Å². The van der Waals surface area contributed by atoms with Crippen LogP contribution in [0.15, 0.2) is 66.1 Å². The number of benzene rings is 2. The molecule has 3 aromatic rings. The summed E-state index contributed by atoms with van der Waals surface area (Å²) < 4.78 is 20.2. The van der Waals surface area contributed by atoms with Crippen molar-refractivity contribution in [1.29, 1.82) is 0 Å². The van der Waals surface area contributed by atoms with Crippen LogP contribution in [0.2, 0.25) is 0 Å². The number of halogens is 1. The lowest BCUT2D eigenvalue weighted by molar-refractivity contribution is -0.113. The van der Waals surface area contributed by atoms with E-state index in [1.54, 1.807) is 55.1 Å². The Bertz CT molecular complexity index is 1040. The Hall–Kier alpha value is -3.68. The molecule has 0 bridgehead atoms. The van der Waals surface area contributed by atoms with Crippen LogP contribution in [0.25, 0.3) is 0 Å². The van der Waals surface area contributed by atoms with Gasteiger partial charge in [-0.05, 0) is 48.9 Å². The molecule has 0 saturated heterocycles. The van der Waals surface area contributed by atoms with Crippen LogP contribution >= 0.6 is 0 Å². The Balaban J connectivity index is 1.71. The van der Waals surface area contributed by atoms with Crippen LogP contribution in [0.4, 0.5) is 16.0 Å². The van der Waals surface area contributed by atoms with E-state index in [0.717, 1.165) is 5.56 Å². The van der Waals surface area contributed by atoms with Crippen molar-refractivity contribution in [2.45, 2.75) is 13.0 Å². The third-order valence-electron chi connectivity index (χ3n) is 4.57. The minimum Gasteiger partial charge on any atom is -0.497 e. The molecule has 0 unspecified atom stereocenters. The summed E-state index contributed by atoms with van der Waals surface area (Å²) in [4.78, 5) is 17.3. The fraction of sp³-hybridized carbons (Fsp3) is 0.150. The number of anilines is 2. The molecule has 0 spiro atoms. The van der Waals surface area contributed by atoms with Gasteiger partial charge in [-0.25, -0.2) is 9.07 Å². The number of ether oxygens (including phenoxy) is 1. The van der Waals surface area contributed by atoms with Crippen molar-refractivity contribution in [1.82, 2.24) is 14.8 Å². The van der Waals surface area contributed by atoms with Crippen molar-refractivity contribution in [2.75, 3.05) is 17.7 Å². The van der Waals surface area contributed by atoms with Crippen LogP contribution in [-0.2, 0) is 4.79 Å². The lowest BCUT2D eigenvalue weighted by Gasteiger charge is -2.28. The van der Waals surface area contributed by atoms with Gasteiger partial charge in [-0.15, -0.1) is 0 Å². The van der Waals surface area contributed by atoms with E-state index in [4.69, 9.17) is 4.74 Å². The van der Waals surface area contributed by atoms with E-state index >= 15 is 0 Å². The number of hydrogen-bond acceptors (Lipinski definition) is 5. The number of aromatic nitrogens is 3. The Morgan fingerprint density at radius 2 is 1.89 bits per heavy atom. The van der Waals surface area contributed by atoms with E-state index in [-0.39, 0.29) is 11.7 Å². The predicted octanol–water partition coefficient (Wildman–Crippen LogP) is 3.35. The molecule has 1 aliphatic rings. The smallest absolute Gasteiger partial charge is 0.255 e. The second-order valence-corrected chi connectivity index (χ2v) is 6.33. The summed E-state index contributed by atoms with van der Waals surface area (Å²) in [5, 5.41) is 10.3. The zero-order valence-corrected chi connectivity index (χ0v) is 15.3. The summed E-state index contributed by atoms with van der Waals surface area (Å²) in [6.07, 6.45) is 1.41. The third-order valence-corrected chi connectivity index (χ3v) is 4.57. The maximum Gasteiger partial charge on any atom is 0.255 e. The first-order chi connectivity index (χ1) is 13.6. The molecule has 4 rings (SSSR count). The SMILES string of the molecule is COc1ccc(NC(=O)C2=C(C)Nc3ncnn3[C@@H]2c2ccc(F)cc2)cc1. The van der Waals surface area contributed by atoms with Gasteiger partial charge in [0.25, 0.3) is 5.91 Å². The van der Waals surface area contributed by atoms with Crippen molar-refractivity contribution in [3.8, 4) is 5.75 Å². The van der Waals surface area contributed by atoms with E-state index in [1.165, 1.54) is 18.5 Å². The van der Waals surface area contributed by atoms with Gasteiger partial charge >= 0.3 is 0 Å². The first kappa shape index (κ1) is 17.7. The van der Waals surface area contributed by atoms with Crippen molar-refractivity contribution < 1.29 is 13.9 Å². The average Bonchev–Trinajstić information content (AvgIpc) is 3.16. The molecule has 1 atom stereocenters. The lowest BCUT2D eigenvalue weighted by atomic mass is 9.95. The van der Waals surface area contributed by atoms with Gasteiger partial charge in [0.05, 0.1) is 12.7 Å². The van der Waals surface area contributed by atoms with Crippen molar-refractivity contribution in [2.24, 2.45) is 0 Å². The predicted molar refractivity (Wildman–Crippen MR) is 103 cm³/mol. The van der Waals surface area contributed by atoms with Gasteiger partial charge in [-0.2, -0.15) is 10.1 Å². The number of amides is 1. The molecule has 0 radical (unpaired) electrons. The molecule has 1 amide bonds. The first-order valence-corrected chi connectivity index (χ1v) is 8.65. The highest BCUT2D eigenvalue weighted by atomic mass is 19.1. The van der Waals surface area contributed by atoms with Crippen LogP contribution < -0.4 is 15.4 Å². The normalized spacial score (nSPS) is 15.6. The summed E-state index contributed by atoms with van der Waals surface area (Å²) >= 11 is 0. The number of rotatable bonds is 4. The summed E-state index contributed by atoms with van der Waals surface area (Å²) in [6, 6.07) is 12.5. The number of nitrogens with one attached hydrogen (secondary N) is 2. The summed E-state index contributed by atoms with van der Waals surface area (Å²) in [5.74, 6) is 0.587. The van der Waals surface area contributed by atoms with Crippen LogP contribution in [0, 0.1) is 5.82 Å². The van der Waals surface area contributed by atoms with Crippen molar-refractivity contribution in [3.05, 3.63) is 77.5 Å². The van der Waals surface area contributed by atoms with Crippen LogP contribution in [0.5, 0.6) is 5.75 Å². The Labute approximate surface area is 160 Å². The monoisotopic (exact) mass is 379 g/mol. The number of allylic oxidation sites excluding steroid dienone is 1. The molecule has 28 heavy (non-hydrogen) atoms. The Kier molecular flexibility index (Phi) is 4.52. The molecule has 2 heterocycles. The third kappa shape index (κ3) is 3.20. The number of hydrogen-bond donors (Lipinski definition) is 2. The Morgan fingerprint density at radius 1 is 1.18 bits per heavy atom. The summed E-state index contributed by atoms with van der Waals surface area (Å²) in [7, 11) is 1.58. The Morgan fingerprint density at radius 3 is 2.57 bits per heavy atom. The lowest BCUT2D eigenvalue weighted by Crippen LogP contribution is -2.31. The van der Waals surface area contributed by atoms with Crippen LogP contribution in [0.3, 0.4) is 0 Å². The molecular formula is C20H18FN5O2. The molecule has 2 aromatic carbocycles. The molecule has 0 saturated carbocycles. The van der Waals surface area contributed by atoms with E-state index in [0.29, 0.717) is 28.7 Å². The van der Waals surface area contributed by atoms with Gasteiger partial charge in [0, 0.05) is 11.4 Å². The zero-order chi connectivity index (χ0) is 19.7. The largest absolute Gasteiger partial charge is 0.497 e. The van der Waals surface area contributed by atoms with Crippen molar-refractivity contribution in [3.63, 3.8) is 0 Å². The van der Waals surface area contributed by atoms with Crippen molar-refractivity contribution >= 4 is 17.5 Å². The maximum absolute atomic E-state index is 13.4. The topological polar surface area (TPSA) is 81.1 Å². The second-order valence-electron chi connectivity index (χ2n) is 6.33. The average molecular weight is 379 g/mol. The quantitative estimate of drug-likeness (QED) is 0.727. The number of fused-ring (bicyclic) bond motifs is 1. The van der Waals surface area contributed by atoms with E-state index in [1.807, 2.05) is 0 Å². The fourth-order valence-corrected chi connectivity index (χ4v) is 3.21. The maximum atomic E-state index is 13.4. The van der Waals surface area contributed by atoms with E-state index in [9.17, 15) is 9.18 Å². The molecule has 2 N–H and O–H groups in total. The molecule has 1 aliphatic heterocycles. The summed E-state index contributed by atoms with van der Waals surface area (Å²) in [5.41, 5.74) is 2.49. The van der Waals surface area contributed by atoms with Gasteiger partial charge in [-0.1, -0.05) is 12.1 Å². The van der Waals surface area contributed by atoms with Gasteiger partial charge in [0.2, 0.25) is 5.95 Å². The highest BCUT2D eigenvalue weighted by Gasteiger charge is 2.33. The number of carbonyl (C=O) groups is 1.